The molecule has 0 bridgehead atoms. The monoisotopic (exact) mass is 347 g/mol. The molecule has 0 aliphatic heterocycles. The first-order valence-electron chi connectivity index (χ1n) is 7.96. The molecule has 1 atom stereocenters. The number of carbonyl (C=O) groups is 1. The van der Waals surface area contributed by atoms with Crippen molar-refractivity contribution in [2.24, 2.45) is 0 Å². The summed E-state index contributed by atoms with van der Waals surface area (Å²) in [4.78, 5) is 27.1. The lowest BCUT2D eigenvalue weighted by Gasteiger charge is -2.23. The molecule has 130 valence electrons. The van der Waals surface area contributed by atoms with E-state index < -0.39 is 0 Å². The highest BCUT2D eigenvalue weighted by Gasteiger charge is 2.19. The Morgan fingerprint density at radius 3 is 2.71 bits per heavy atom. The second-order valence-corrected chi connectivity index (χ2v) is 7.86. The fourth-order valence-electron chi connectivity index (χ4n) is 2.11. The number of nitrogens with one attached hydrogen (secondary N) is 1. The molecule has 2 heterocycles. The maximum Gasteiger partial charge on any atom is 0.240 e. The molecule has 2 aromatic rings. The molecule has 0 aliphatic rings. The van der Waals surface area contributed by atoms with Gasteiger partial charge < -0.3 is 5.32 Å². The van der Waals surface area contributed by atoms with Crippen LogP contribution in [-0.2, 0) is 16.6 Å². The molecule has 24 heavy (non-hydrogen) atoms. The smallest absolute Gasteiger partial charge is 0.240 e. The van der Waals surface area contributed by atoms with E-state index in [1.165, 1.54) is 11.3 Å². The van der Waals surface area contributed by atoms with Crippen LogP contribution in [0.25, 0.3) is 0 Å². The van der Waals surface area contributed by atoms with Crippen molar-refractivity contribution in [3.8, 4) is 0 Å². The van der Waals surface area contributed by atoms with Crippen molar-refractivity contribution in [3.05, 3.63) is 35.4 Å². The van der Waals surface area contributed by atoms with E-state index >= 15 is 0 Å². The van der Waals surface area contributed by atoms with Crippen molar-refractivity contribution in [1.29, 1.82) is 0 Å². The topological polar surface area (TPSA) is 71.0 Å². The summed E-state index contributed by atoms with van der Waals surface area (Å²) in [6.07, 6.45) is 5.85. The van der Waals surface area contributed by atoms with Crippen LogP contribution in [0.3, 0.4) is 0 Å². The van der Waals surface area contributed by atoms with Crippen LogP contribution in [0.1, 0.15) is 39.1 Å². The summed E-state index contributed by atoms with van der Waals surface area (Å²) >= 11 is 1.46. The quantitative estimate of drug-likeness (QED) is 0.870. The Labute approximate surface area is 147 Å². The number of carbonyl (C=O) groups excluding carboxylic acids is 1. The van der Waals surface area contributed by atoms with Gasteiger partial charge in [0.2, 0.25) is 5.91 Å². The zero-order chi connectivity index (χ0) is 17.7. The van der Waals surface area contributed by atoms with Crippen LogP contribution in [-0.4, -0.2) is 45.4 Å². The number of amides is 1. The first-order valence-corrected chi connectivity index (χ1v) is 8.84. The molecule has 2 rings (SSSR count). The van der Waals surface area contributed by atoms with E-state index in [0.717, 1.165) is 17.8 Å². The molecular weight excluding hydrogens is 322 g/mol. The van der Waals surface area contributed by atoms with E-state index in [1.54, 1.807) is 18.6 Å². The van der Waals surface area contributed by atoms with Crippen molar-refractivity contribution < 1.29 is 4.79 Å². The van der Waals surface area contributed by atoms with E-state index in [2.05, 4.69) is 48.0 Å². The summed E-state index contributed by atoms with van der Waals surface area (Å²) in [5, 5.41) is 5.53. The van der Waals surface area contributed by atoms with Gasteiger partial charge in [-0.2, -0.15) is 0 Å². The second-order valence-electron chi connectivity index (χ2n) is 7.00. The summed E-state index contributed by atoms with van der Waals surface area (Å²) in [6, 6.07) is 0.189. The average Bonchev–Trinajstić information content (AvgIpc) is 2.96. The first-order chi connectivity index (χ1) is 11.3. The number of rotatable bonds is 6. The Morgan fingerprint density at radius 2 is 2.12 bits per heavy atom. The third kappa shape index (κ3) is 5.35. The van der Waals surface area contributed by atoms with E-state index in [9.17, 15) is 4.79 Å². The van der Waals surface area contributed by atoms with Gasteiger partial charge in [-0.25, -0.2) is 4.98 Å². The van der Waals surface area contributed by atoms with Gasteiger partial charge in [0.15, 0.2) is 5.13 Å². The van der Waals surface area contributed by atoms with Gasteiger partial charge >= 0.3 is 0 Å². The molecule has 2 aromatic heterocycles. The van der Waals surface area contributed by atoms with Crippen LogP contribution in [0.5, 0.6) is 0 Å². The standard InChI is InChI=1S/C17H25N5OS/c1-12(8-13-9-18-6-7-19-13)22(5)10-15(23)21-16-20-14(11-24-16)17(2,3)4/h6-7,9,11-12H,8,10H2,1-5H3,(H,20,21,23)/t12-/m0/s1. The van der Waals surface area contributed by atoms with Gasteiger partial charge in [-0.3, -0.25) is 19.7 Å². The molecule has 0 unspecified atom stereocenters. The molecular formula is C17H25N5OS. The first kappa shape index (κ1) is 18.5. The van der Waals surface area contributed by atoms with E-state index in [-0.39, 0.29) is 17.4 Å². The molecule has 0 saturated carbocycles. The van der Waals surface area contributed by atoms with Crippen molar-refractivity contribution in [2.45, 2.75) is 45.6 Å². The van der Waals surface area contributed by atoms with Gasteiger partial charge in [-0.05, 0) is 14.0 Å². The summed E-state index contributed by atoms with van der Waals surface area (Å²) in [7, 11) is 1.93. The van der Waals surface area contributed by atoms with Crippen LogP contribution in [0.15, 0.2) is 24.0 Å². The zero-order valence-electron chi connectivity index (χ0n) is 14.9. The summed E-state index contributed by atoms with van der Waals surface area (Å²) in [6.45, 7) is 8.70. The molecule has 0 saturated heterocycles. The number of anilines is 1. The van der Waals surface area contributed by atoms with E-state index in [4.69, 9.17) is 0 Å². The molecule has 1 N–H and O–H groups in total. The highest BCUT2D eigenvalue weighted by atomic mass is 32.1. The predicted octanol–water partition coefficient (Wildman–Crippen LogP) is 2.73. The summed E-state index contributed by atoms with van der Waals surface area (Å²) < 4.78 is 0. The third-order valence-corrected chi connectivity index (χ3v) is 4.54. The number of likely N-dealkylation sites (N-methyl/N-ethyl adjacent to an activating group) is 1. The van der Waals surface area contributed by atoms with Gasteiger partial charge in [0.1, 0.15) is 0 Å². The lowest BCUT2D eigenvalue weighted by Crippen LogP contribution is -2.37. The highest BCUT2D eigenvalue weighted by Crippen LogP contribution is 2.26. The SMILES string of the molecule is C[C@@H](Cc1cnccn1)N(C)CC(=O)Nc1nc(C(C)(C)C)cs1. The number of hydrogen-bond acceptors (Lipinski definition) is 6. The second kappa shape index (κ2) is 7.81. The Balaban J connectivity index is 1.86. The molecule has 1 amide bonds. The van der Waals surface area contributed by atoms with Gasteiger partial charge in [-0.1, -0.05) is 20.8 Å². The number of aromatic nitrogens is 3. The average molecular weight is 347 g/mol. The van der Waals surface area contributed by atoms with Crippen molar-refractivity contribution in [3.63, 3.8) is 0 Å². The molecule has 6 nitrogen and oxygen atoms in total. The van der Waals surface area contributed by atoms with E-state index in [1.807, 2.05) is 17.3 Å². The highest BCUT2D eigenvalue weighted by molar-refractivity contribution is 7.13. The van der Waals surface area contributed by atoms with Crippen molar-refractivity contribution in [1.82, 2.24) is 19.9 Å². The maximum absolute atomic E-state index is 12.2. The van der Waals surface area contributed by atoms with Gasteiger partial charge in [-0.15, -0.1) is 11.3 Å². The van der Waals surface area contributed by atoms with Crippen LogP contribution in [0.4, 0.5) is 5.13 Å². The Bertz CT molecular complexity index is 665. The van der Waals surface area contributed by atoms with Gasteiger partial charge in [0.25, 0.3) is 0 Å². The number of nitrogens with zero attached hydrogens (tertiary/aromatic N) is 4. The Hall–Kier alpha value is -1.86. The number of thiazole rings is 1. The molecule has 0 aliphatic carbocycles. The van der Waals surface area contributed by atoms with Gasteiger partial charge in [0, 0.05) is 41.8 Å². The largest absolute Gasteiger partial charge is 0.301 e. The van der Waals surface area contributed by atoms with Gasteiger partial charge in [0.05, 0.1) is 17.9 Å². The lowest BCUT2D eigenvalue weighted by atomic mass is 9.93. The summed E-state index contributed by atoms with van der Waals surface area (Å²) in [5.41, 5.74) is 1.90. The van der Waals surface area contributed by atoms with Crippen molar-refractivity contribution >= 4 is 22.4 Å². The lowest BCUT2D eigenvalue weighted by molar-refractivity contribution is -0.117. The third-order valence-electron chi connectivity index (χ3n) is 3.79. The maximum atomic E-state index is 12.2. The van der Waals surface area contributed by atoms with E-state index in [0.29, 0.717) is 11.7 Å². The van der Waals surface area contributed by atoms with Crippen LogP contribution in [0, 0.1) is 0 Å². The van der Waals surface area contributed by atoms with Crippen molar-refractivity contribution in [2.75, 3.05) is 18.9 Å². The molecule has 0 spiro atoms. The van der Waals surface area contributed by atoms with Crippen LogP contribution in [0.2, 0.25) is 0 Å². The fourth-order valence-corrected chi connectivity index (χ4v) is 3.06. The molecule has 0 aromatic carbocycles. The molecule has 0 radical (unpaired) electrons. The molecule has 7 heteroatoms. The zero-order valence-corrected chi connectivity index (χ0v) is 15.7. The predicted molar refractivity (Wildman–Crippen MR) is 97.3 cm³/mol. The Morgan fingerprint density at radius 1 is 1.38 bits per heavy atom. The fraction of sp³-hybridized carbons (Fsp3) is 0.529. The minimum atomic E-state index is -0.0571. The minimum absolute atomic E-state index is 0.0124. The van der Waals surface area contributed by atoms with Crippen LogP contribution >= 0.6 is 11.3 Å². The minimum Gasteiger partial charge on any atom is -0.301 e. The molecule has 0 fully saturated rings. The number of hydrogen-bond donors (Lipinski definition) is 1. The Kier molecular flexibility index (Phi) is 6.01. The normalized spacial score (nSPS) is 13.1. The summed E-state index contributed by atoms with van der Waals surface area (Å²) in [5.74, 6) is -0.0571. The van der Waals surface area contributed by atoms with Crippen LogP contribution < -0.4 is 5.32 Å².